The Morgan fingerprint density at radius 2 is 2.06 bits per heavy atom. The number of esters is 1. The lowest BCUT2D eigenvalue weighted by Crippen LogP contribution is -2.02. The van der Waals surface area contributed by atoms with Crippen molar-refractivity contribution in [2.24, 2.45) is 0 Å². The SMILES string of the molecule is COC(=O)c1cc(F)cc(-c2ccc(N)nc2)c1. The van der Waals surface area contributed by atoms with E-state index < -0.39 is 11.8 Å². The summed E-state index contributed by atoms with van der Waals surface area (Å²) in [6, 6.07) is 7.30. The highest BCUT2D eigenvalue weighted by atomic mass is 19.1. The number of nitrogen functional groups attached to an aromatic ring is 1. The molecule has 5 heteroatoms. The molecule has 4 nitrogen and oxygen atoms in total. The number of rotatable bonds is 2. The lowest BCUT2D eigenvalue weighted by molar-refractivity contribution is 0.0600. The number of hydrogen-bond donors (Lipinski definition) is 1. The zero-order chi connectivity index (χ0) is 13.1. The average molecular weight is 246 g/mol. The van der Waals surface area contributed by atoms with E-state index in [9.17, 15) is 9.18 Å². The second-order valence-electron chi connectivity index (χ2n) is 3.69. The molecule has 2 rings (SSSR count). The molecule has 0 bridgehead atoms. The summed E-state index contributed by atoms with van der Waals surface area (Å²) in [6.45, 7) is 0. The maximum Gasteiger partial charge on any atom is 0.337 e. The van der Waals surface area contributed by atoms with Crippen molar-refractivity contribution in [2.45, 2.75) is 0 Å². The maximum absolute atomic E-state index is 13.4. The van der Waals surface area contributed by atoms with E-state index >= 15 is 0 Å². The molecule has 0 atom stereocenters. The molecule has 0 saturated carbocycles. The van der Waals surface area contributed by atoms with Crippen molar-refractivity contribution >= 4 is 11.8 Å². The van der Waals surface area contributed by atoms with Gasteiger partial charge in [0, 0.05) is 11.8 Å². The van der Waals surface area contributed by atoms with E-state index in [0.717, 1.165) is 6.07 Å². The fourth-order valence-electron chi connectivity index (χ4n) is 1.57. The molecule has 0 amide bonds. The Bertz CT molecular complexity index is 582. The van der Waals surface area contributed by atoms with Gasteiger partial charge in [0.05, 0.1) is 12.7 Å². The van der Waals surface area contributed by atoms with Gasteiger partial charge in [-0.2, -0.15) is 0 Å². The standard InChI is InChI=1S/C13H11FN2O2/c1-18-13(17)10-4-9(5-11(14)6-10)8-2-3-12(15)16-7-8/h2-7H,1H3,(H2,15,16). The largest absolute Gasteiger partial charge is 0.465 e. The van der Waals surface area contributed by atoms with Gasteiger partial charge in [-0.3, -0.25) is 0 Å². The van der Waals surface area contributed by atoms with Gasteiger partial charge in [-0.15, -0.1) is 0 Å². The highest BCUT2D eigenvalue weighted by Gasteiger charge is 2.10. The number of ether oxygens (including phenoxy) is 1. The Hall–Kier alpha value is -2.43. The zero-order valence-corrected chi connectivity index (χ0v) is 9.68. The average Bonchev–Trinajstić information content (AvgIpc) is 2.38. The molecule has 1 heterocycles. The van der Waals surface area contributed by atoms with Crippen LogP contribution in [0.3, 0.4) is 0 Å². The van der Waals surface area contributed by atoms with E-state index in [4.69, 9.17) is 5.73 Å². The Balaban J connectivity index is 2.48. The Morgan fingerprint density at radius 1 is 1.28 bits per heavy atom. The van der Waals surface area contributed by atoms with E-state index in [2.05, 4.69) is 9.72 Å². The minimum Gasteiger partial charge on any atom is -0.465 e. The van der Waals surface area contributed by atoms with Crippen LogP contribution in [0, 0.1) is 5.82 Å². The van der Waals surface area contributed by atoms with Crippen LogP contribution in [0.5, 0.6) is 0 Å². The van der Waals surface area contributed by atoms with Gasteiger partial charge < -0.3 is 10.5 Å². The van der Waals surface area contributed by atoms with Crippen molar-refractivity contribution in [1.29, 1.82) is 0 Å². The second-order valence-corrected chi connectivity index (χ2v) is 3.69. The molecule has 2 aromatic rings. The number of carbonyl (C=O) groups excluding carboxylic acids is 1. The van der Waals surface area contributed by atoms with Crippen LogP contribution in [0.15, 0.2) is 36.5 Å². The van der Waals surface area contributed by atoms with E-state index in [0.29, 0.717) is 16.9 Å². The maximum atomic E-state index is 13.4. The molecule has 0 spiro atoms. The summed E-state index contributed by atoms with van der Waals surface area (Å²) in [5, 5.41) is 0. The second kappa shape index (κ2) is 4.83. The van der Waals surface area contributed by atoms with Gasteiger partial charge in [0.2, 0.25) is 0 Å². The Morgan fingerprint density at radius 3 is 2.67 bits per heavy atom. The van der Waals surface area contributed by atoms with Crippen molar-refractivity contribution < 1.29 is 13.9 Å². The molecule has 1 aromatic carbocycles. The summed E-state index contributed by atoms with van der Waals surface area (Å²) in [5.41, 5.74) is 6.85. The predicted molar refractivity (Wildman–Crippen MR) is 65.4 cm³/mol. The molecule has 92 valence electrons. The summed E-state index contributed by atoms with van der Waals surface area (Å²) in [5.74, 6) is -0.716. The van der Waals surface area contributed by atoms with Crippen molar-refractivity contribution in [2.75, 3.05) is 12.8 Å². The molecule has 18 heavy (non-hydrogen) atoms. The van der Waals surface area contributed by atoms with Crippen molar-refractivity contribution in [1.82, 2.24) is 4.98 Å². The third kappa shape index (κ3) is 2.45. The van der Waals surface area contributed by atoms with Gasteiger partial charge in [0.15, 0.2) is 0 Å². The molecule has 0 unspecified atom stereocenters. The van der Waals surface area contributed by atoms with E-state index in [1.54, 1.807) is 18.2 Å². The normalized spacial score (nSPS) is 10.1. The lowest BCUT2D eigenvalue weighted by Gasteiger charge is -2.05. The summed E-state index contributed by atoms with van der Waals surface area (Å²) in [7, 11) is 1.25. The molecule has 0 aliphatic rings. The van der Waals surface area contributed by atoms with Gasteiger partial charge in [-0.1, -0.05) is 0 Å². The quantitative estimate of drug-likeness (QED) is 0.825. The molecular weight excluding hydrogens is 235 g/mol. The topological polar surface area (TPSA) is 65.2 Å². The molecule has 0 radical (unpaired) electrons. The minimum atomic E-state index is -0.584. The molecular formula is C13H11FN2O2. The highest BCUT2D eigenvalue weighted by Crippen LogP contribution is 2.22. The smallest absolute Gasteiger partial charge is 0.337 e. The van der Waals surface area contributed by atoms with Crippen LogP contribution in [0.2, 0.25) is 0 Å². The van der Waals surface area contributed by atoms with Crippen LogP contribution in [0.25, 0.3) is 11.1 Å². The number of benzene rings is 1. The first-order chi connectivity index (χ1) is 8.60. The number of nitrogens with zero attached hydrogens (tertiary/aromatic N) is 1. The predicted octanol–water partition coefficient (Wildman–Crippen LogP) is 2.26. The third-order valence-electron chi connectivity index (χ3n) is 2.44. The van der Waals surface area contributed by atoms with Crippen LogP contribution >= 0.6 is 0 Å². The fraction of sp³-hybridized carbons (Fsp3) is 0.0769. The van der Waals surface area contributed by atoms with Crippen LogP contribution < -0.4 is 5.73 Å². The monoisotopic (exact) mass is 246 g/mol. The van der Waals surface area contributed by atoms with Crippen molar-refractivity contribution in [3.63, 3.8) is 0 Å². The van der Waals surface area contributed by atoms with Gasteiger partial charge in [0.25, 0.3) is 0 Å². The minimum absolute atomic E-state index is 0.157. The molecule has 2 N–H and O–H groups in total. The highest BCUT2D eigenvalue weighted by molar-refractivity contribution is 5.91. The van der Waals surface area contributed by atoms with E-state index in [-0.39, 0.29) is 5.56 Å². The van der Waals surface area contributed by atoms with Gasteiger partial charge >= 0.3 is 5.97 Å². The number of aromatic nitrogens is 1. The van der Waals surface area contributed by atoms with Gasteiger partial charge in [-0.05, 0) is 35.9 Å². The van der Waals surface area contributed by atoms with Crippen molar-refractivity contribution in [3.05, 3.63) is 47.9 Å². The first kappa shape index (κ1) is 12.0. The third-order valence-corrected chi connectivity index (χ3v) is 2.44. The van der Waals surface area contributed by atoms with Gasteiger partial charge in [0.1, 0.15) is 11.6 Å². The summed E-state index contributed by atoms with van der Waals surface area (Å²) in [6.07, 6.45) is 1.52. The van der Waals surface area contributed by atoms with Gasteiger partial charge in [-0.25, -0.2) is 14.2 Å². The first-order valence-electron chi connectivity index (χ1n) is 5.21. The molecule has 0 fully saturated rings. The molecule has 0 aliphatic heterocycles. The Labute approximate surface area is 103 Å². The summed E-state index contributed by atoms with van der Waals surface area (Å²) < 4.78 is 18.0. The number of halogens is 1. The van der Waals surface area contributed by atoms with Crippen molar-refractivity contribution in [3.8, 4) is 11.1 Å². The Kier molecular flexibility index (Phi) is 3.23. The number of hydrogen-bond acceptors (Lipinski definition) is 4. The van der Waals surface area contributed by atoms with E-state index in [1.165, 1.54) is 19.4 Å². The van der Waals surface area contributed by atoms with E-state index in [1.807, 2.05) is 0 Å². The van der Waals surface area contributed by atoms with Crippen LogP contribution in [-0.4, -0.2) is 18.1 Å². The number of anilines is 1. The number of nitrogens with two attached hydrogens (primary N) is 1. The summed E-state index contributed by atoms with van der Waals surface area (Å²) >= 11 is 0. The number of methoxy groups -OCH3 is 1. The zero-order valence-electron chi connectivity index (χ0n) is 9.68. The first-order valence-corrected chi connectivity index (χ1v) is 5.21. The summed E-state index contributed by atoms with van der Waals surface area (Å²) in [4.78, 5) is 15.3. The van der Waals surface area contributed by atoms with Crippen LogP contribution in [0.4, 0.5) is 10.2 Å². The van der Waals surface area contributed by atoms with Crippen LogP contribution in [0.1, 0.15) is 10.4 Å². The molecule has 0 aliphatic carbocycles. The van der Waals surface area contributed by atoms with Crippen LogP contribution in [-0.2, 0) is 4.74 Å². The fourth-order valence-corrected chi connectivity index (χ4v) is 1.57. The molecule has 1 aromatic heterocycles. The molecule has 0 saturated heterocycles. The number of pyridine rings is 1. The lowest BCUT2D eigenvalue weighted by atomic mass is 10.0. The number of carbonyl (C=O) groups is 1.